The maximum Gasteiger partial charge on any atom is 0.161 e. The van der Waals surface area contributed by atoms with Crippen molar-refractivity contribution < 1.29 is 0 Å². The van der Waals surface area contributed by atoms with Crippen molar-refractivity contribution in [2.24, 2.45) is 5.73 Å². The molecule has 3 aromatic carbocycles. The second-order valence-corrected chi connectivity index (χ2v) is 8.91. The Labute approximate surface area is 222 Å². The number of benzene rings is 3. The van der Waals surface area contributed by atoms with Gasteiger partial charge in [-0.1, -0.05) is 30.3 Å². The zero-order valence-corrected chi connectivity index (χ0v) is 21.1. The molecule has 0 spiro atoms. The molecule has 0 saturated heterocycles. The molecule has 188 valence electrons. The SMILES string of the molecule is CCN(CCN)c1ccc(N(c2ccncn2)N2c3ccnc(n3)-c3ccc2c(-c2ccccc2)c3)cc1. The van der Waals surface area contributed by atoms with E-state index in [1.807, 2.05) is 18.2 Å². The Morgan fingerprint density at radius 1 is 0.816 bits per heavy atom. The van der Waals surface area contributed by atoms with Gasteiger partial charge in [0.25, 0.3) is 0 Å². The number of hydrogen-bond donors (Lipinski definition) is 1. The number of rotatable bonds is 8. The Hall–Kier alpha value is -4.82. The monoisotopic (exact) mass is 500 g/mol. The number of fused-ring (bicyclic) bond motifs is 2. The standard InChI is InChI=1S/C30H28N8/c1-2-36(19-16-31)24-9-11-25(12-10-24)37(28-14-17-32-21-34-28)38-27-13-8-23(30-33-18-15-29(38)35-30)20-26(27)22-6-4-3-5-7-22/h3-15,17-18,20-21H,2,16,19,31H2,1H3. The molecule has 8 heteroatoms. The Morgan fingerprint density at radius 2 is 1.63 bits per heavy atom. The van der Waals surface area contributed by atoms with E-state index in [1.165, 1.54) is 0 Å². The molecule has 0 unspecified atom stereocenters. The van der Waals surface area contributed by atoms with E-state index >= 15 is 0 Å². The molecule has 0 fully saturated rings. The highest BCUT2D eigenvalue weighted by Crippen LogP contribution is 2.43. The van der Waals surface area contributed by atoms with Gasteiger partial charge in [-0.05, 0) is 55.0 Å². The van der Waals surface area contributed by atoms with Gasteiger partial charge in [0.1, 0.15) is 6.33 Å². The summed E-state index contributed by atoms with van der Waals surface area (Å²) in [5.41, 5.74) is 12.0. The normalized spacial score (nSPS) is 11.7. The number of aromatic nitrogens is 4. The molecular formula is C30H28N8. The molecule has 5 aromatic rings. The Morgan fingerprint density at radius 3 is 2.37 bits per heavy atom. The summed E-state index contributed by atoms with van der Waals surface area (Å²) < 4.78 is 0. The number of hydrazine groups is 1. The molecule has 38 heavy (non-hydrogen) atoms. The maximum atomic E-state index is 5.85. The number of anilines is 5. The smallest absolute Gasteiger partial charge is 0.161 e. The molecule has 7 rings (SSSR count). The third kappa shape index (κ3) is 4.31. The predicted molar refractivity (Wildman–Crippen MR) is 153 cm³/mol. The van der Waals surface area contributed by atoms with Crippen LogP contribution in [0.4, 0.5) is 28.7 Å². The highest BCUT2D eigenvalue weighted by molar-refractivity contribution is 5.89. The van der Waals surface area contributed by atoms with Crippen molar-refractivity contribution in [3.05, 3.63) is 104 Å². The van der Waals surface area contributed by atoms with E-state index in [2.05, 4.69) is 104 Å². The maximum absolute atomic E-state index is 5.85. The third-order valence-electron chi connectivity index (χ3n) is 6.65. The number of nitrogens with two attached hydrogens (primary N) is 1. The van der Waals surface area contributed by atoms with Crippen LogP contribution in [0.2, 0.25) is 0 Å². The van der Waals surface area contributed by atoms with Crippen LogP contribution < -0.4 is 20.7 Å². The number of hydrogen-bond acceptors (Lipinski definition) is 8. The molecule has 2 aliphatic heterocycles. The van der Waals surface area contributed by atoms with E-state index < -0.39 is 0 Å². The third-order valence-corrected chi connectivity index (χ3v) is 6.65. The summed E-state index contributed by atoms with van der Waals surface area (Å²) in [6, 6.07) is 29.0. The van der Waals surface area contributed by atoms with Crippen molar-refractivity contribution in [2.45, 2.75) is 6.92 Å². The second-order valence-electron chi connectivity index (χ2n) is 8.91. The lowest BCUT2D eigenvalue weighted by molar-refractivity contribution is 0.816. The summed E-state index contributed by atoms with van der Waals surface area (Å²) >= 11 is 0. The fourth-order valence-electron chi connectivity index (χ4n) is 4.84. The minimum Gasteiger partial charge on any atom is -0.371 e. The summed E-state index contributed by atoms with van der Waals surface area (Å²) in [4.78, 5) is 20.6. The zero-order chi connectivity index (χ0) is 25.9. The second kappa shape index (κ2) is 10.3. The summed E-state index contributed by atoms with van der Waals surface area (Å²) in [6.45, 7) is 4.42. The average Bonchev–Trinajstić information content (AvgIpc) is 2.99. The molecule has 8 nitrogen and oxygen atoms in total. The lowest BCUT2D eigenvalue weighted by atomic mass is 9.99. The quantitative estimate of drug-likeness (QED) is 0.295. The molecule has 0 aliphatic carbocycles. The van der Waals surface area contributed by atoms with E-state index in [9.17, 15) is 0 Å². The predicted octanol–water partition coefficient (Wildman–Crippen LogP) is 5.59. The lowest BCUT2D eigenvalue weighted by Gasteiger charge is -2.38. The van der Waals surface area contributed by atoms with Gasteiger partial charge in [0, 0.05) is 61.0 Å². The highest BCUT2D eigenvalue weighted by atomic mass is 15.7. The summed E-state index contributed by atoms with van der Waals surface area (Å²) in [7, 11) is 0. The summed E-state index contributed by atoms with van der Waals surface area (Å²) in [5.74, 6) is 2.13. The minimum atomic E-state index is 0.602. The molecule has 4 heterocycles. The van der Waals surface area contributed by atoms with Crippen LogP contribution in [0.3, 0.4) is 0 Å². The van der Waals surface area contributed by atoms with Gasteiger partial charge in [0.05, 0.1) is 11.4 Å². The van der Waals surface area contributed by atoms with Crippen molar-refractivity contribution >= 4 is 28.7 Å². The molecule has 4 bridgehead atoms. The van der Waals surface area contributed by atoms with E-state index in [1.54, 1.807) is 18.7 Å². The first-order valence-electron chi connectivity index (χ1n) is 12.7. The van der Waals surface area contributed by atoms with Crippen LogP contribution in [0.15, 0.2) is 104 Å². The Bertz CT molecular complexity index is 1520. The molecule has 2 aliphatic rings. The molecule has 0 atom stereocenters. The van der Waals surface area contributed by atoms with Gasteiger partial charge in [0.15, 0.2) is 17.5 Å². The first kappa shape index (κ1) is 23.6. The van der Waals surface area contributed by atoms with Crippen molar-refractivity contribution in [3.63, 3.8) is 0 Å². The average molecular weight is 501 g/mol. The molecule has 2 N–H and O–H groups in total. The highest BCUT2D eigenvalue weighted by Gasteiger charge is 2.28. The van der Waals surface area contributed by atoms with Gasteiger partial charge < -0.3 is 10.6 Å². The van der Waals surface area contributed by atoms with E-state index in [-0.39, 0.29) is 0 Å². The Kier molecular flexibility index (Phi) is 6.37. The zero-order valence-electron chi connectivity index (χ0n) is 21.1. The van der Waals surface area contributed by atoms with Crippen molar-refractivity contribution in [3.8, 4) is 22.5 Å². The molecule has 0 amide bonds. The fraction of sp³-hybridized carbons (Fsp3) is 0.133. The molecule has 0 radical (unpaired) electrons. The minimum absolute atomic E-state index is 0.602. The van der Waals surface area contributed by atoms with Crippen LogP contribution in [0, 0.1) is 0 Å². The lowest BCUT2D eigenvalue weighted by Crippen LogP contribution is -2.38. The van der Waals surface area contributed by atoms with Crippen LogP contribution in [-0.2, 0) is 0 Å². The van der Waals surface area contributed by atoms with Gasteiger partial charge >= 0.3 is 0 Å². The van der Waals surface area contributed by atoms with Gasteiger partial charge in [-0.2, -0.15) is 0 Å². The topological polar surface area (TPSA) is 87.3 Å². The van der Waals surface area contributed by atoms with E-state index in [0.29, 0.717) is 18.2 Å². The summed E-state index contributed by atoms with van der Waals surface area (Å²) in [5, 5.41) is 4.18. The van der Waals surface area contributed by atoms with Crippen LogP contribution in [-0.4, -0.2) is 39.6 Å². The van der Waals surface area contributed by atoms with Crippen LogP contribution in [0.25, 0.3) is 22.5 Å². The van der Waals surface area contributed by atoms with Crippen LogP contribution >= 0.6 is 0 Å². The van der Waals surface area contributed by atoms with Crippen LogP contribution in [0.5, 0.6) is 0 Å². The van der Waals surface area contributed by atoms with Crippen LogP contribution in [0.1, 0.15) is 6.92 Å². The van der Waals surface area contributed by atoms with Gasteiger partial charge in [-0.3, -0.25) is 0 Å². The van der Waals surface area contributed by atoms with Crippen molar-refractivity contribution in [2.75, 3.05) is 34.6 Å². The van der Waals surface area contributed by atoms with Gasteiger partial charge in [-0.15, -0.1) is 0 Å². The summed E-state index contributed by atoms with van der Waals surface area (Å²) in [6.07, 6.45) is 5.11. The number of nitrogens with zero attached hydrogens (tertiary/aromatic N) is 7. The number of likely N-dealkylation sites (N-methyl/N-ethyl adjacent to an activating group) is 1. The Balaban J connectivity index is 1.56. The largest absolute Gasteiger partial charge is 0.371 e. The van der Waals surface area contributed by atoms with E-state index in [0.717, 1.165) is 52.7 Å². The van der Waals surface area contributed by atoms with Gasteiger partial charge in [-0.25, -0.2) is 30.0 Å². The first-order valence-corrected chi connectivity index (χ1v) is 12.7. The molecule has 2 aromatic heterocycles. The fourth-order valence-corrected chi connectivity index (χ4v) is 4.84. The first-order chi connectivity index (χ1) is 18.8. The molecule has 0 saturated carbocycles. The van der Waals surface area contributed by atoms with Gasteiger partial charge in [0.2, 0.25) is 0 Å². The molecular weight excluding hydrogens is 472 g/mol. The van der Waals surface area contributed by atoms with E-state index in [4.69, 9.17) is 10.7 Å². The van der Waals surface area contributed by atoms with Crippen molar-refractivity contribution in [1.29, 1.82) is 0 Å². The van der Waals surface area contributed by atoms with Crippen molar-refractivity contribution in [1.82, 2.24) is 19.9 Å².